The van der Waals surface area contributed by atoms with E-state index >= 15 is 0 Å². The van der Waals surface area contributed by atoms with Gasteiger partial charge in [0.25, 0.3) is 0 Å². The minimum atomic E-state index is -0.210. The van der Waals surface area contributed by atoms with E-state index in [4.69, 9.17) is 10.00 Å². The van der Waals surface area contributed by atoms with E-state index in [2.05, 4.69) is 26.9 Å². The molecule has 3 nitrogen and oxygen atoms in total. The van der Waals surface area contributed by atoms with E-state index in [1.807, 2.05) is 0 Å². The quantitative estimate of drug-likeness (QED) is 0.556. The SMILES string of the molecule is N#CC1CN(CCCCBr)CCO1. The van der Waals surface area contributed by atoms with Gasteiger partial charge in [0, 0.05) is 18.4 Å². The summed E-state index contributed by atoms with van der Waals surface area (Å²) in [6.45, 7) is 3.54. The molecule has 1 atom stereocenters. The summed E-state index contributed by atoms with van der Waals surface area (Å²) in [7, 11) is 0. The van der Waals surface area contributed by atoms with Crippen molar-refractivity contribution >= 4 is 15.9 Å². The van der Waals surface area contributed by atoms with Crippen LogP contribution in [0.1, 0.15) is 12.8 Å². The zero-order valence-corrected chi connectivity index (χ0v) is 9.29. The van der Waals surface area contributed by atoms with Crippen molar-refractivity contribution in [3.8, 4) is 6.07 Å². The van der Waals surface area contributed by atoms with Crippen molar-refractivity contribution in [2.75, 3.05) is 31.6 Å². The van der Waals surface area contributed by atoms with Crippen molar-refractivity contribution in [3.63, 3.8) is 0 Å². The first-order chi connectivity index (χ1) is 6.36. The van der Waals surface area contributed by atoms with Crippen molar-refractivity contribution in [2.24, 2.45) is 0 Å². The van der Waals surface area contributed by atoms with E-state index in [9.17, 15) is 0 Å². The molecule has 1 rings (SSSR count). The molecule has 1 unspecified atom stereocenters. The van der Waals surface area contributed by atoms with Crippen LogP contribution in [0.2, 0.25) is 0 Å². The van der Waals surface area contributed by atoms with Gasteiger partial charge in [0.15, 0.2) is 6.10 Å². The molecule has 0 spiro atoms. The highest BCUT2D eigenvalue weighted by molar-refractivity contribution is 9.09. The number of nitrogens with zero attached hydrogens (tertiary/aromatic N) is 2. The Hall–Kier alpha value is -0.110. The van der Waals surface area contributed by atoms with Gasteiger partial charge in [-0.1, -0.05) is 15.9 Å². The van der Waals surface area contributed by atoms with E-state index in [1.165, 1.54) is 12.8 Å². The first-order valence-electron chi connectivity index (χ1n) is 4.66. The largest absolute Gasteiger partial charge is 0.361 e. The van der Waals surface area contributed by atoms with Crippen molar-refractivity contribution < 1.29 is 4.74 Å². The molecule has 0 bridgehead atoms. The molecule has 1 saturated heterocycles. The normalized spacial score (nSPS) is 24.2. The van der Waals surface area contributed by atoms with E-state index in [1.54, 1.807) is 0 Å². The molecule has 0 radical (unpaired) electrons. The first-order valence-corrected chi connectivity index (χ1v) is 5.78. The lowest BCUT2D eigenvalue weighted by molar-refractivity contribution is 0.000228. The molecule has 0 aromatic heterocycles. The number of rotatable bonds is 4. The minimum Gasteiger partial charge on any atom is -0.361 e. The molecule has 1 heterocycles. The van der Waals surface area contributed by atoms with Crippen LogP contribution < -0.4 is 0 Å². The standard InChI is InChI=1S/C9H15BrN2O/c10-3-1-2-4-12-5-6-13-9(7-11)8-12/h9H,1-6,8H2. The number of hydrogen-bond donors (Lipinski definition) is 0. The molecule has 0 aromatic carbocycles. The second-order valence-corrected chi connectivity index (χ2v) is 3.98. The van der Waals surface area contributed by atoms with Crippen LogP contribution in [0.3, 0.4) is 0 Å². The predicted molar refractivity (Wildman–Crippen MR) is 54.8 cm³/mol. The third kappa shape index (κ3) is 4.08. The molecule has 0 amide bonds. The maximum absolute atomic E-state index is 8.67. The summed E-state index contributed by atoms with van der Waals surface area (Å²) in [6.07, 6.45) is 2.19. The van der Waals surface area contributed by atoms with Gasteiger partial charge in [0.2, 0.25) is 0 Å². The lowest BCUT2D eigenvalue weighted by atomic mass is 10.2. The van der Waals surface area contributed by atoms with E-state index < -0.39 is 0 Å². The third-order valence-electron chi connectivity index (χ3n) is 2.15. The van der Waals surface area contributed by atoms with Crippen LogP contribution in [0.25, 0.3) is 0 Å². The second kappa shape index (κ2) is 6.36. The fourth-order valence-electron chi connectivity index (χ4n) is 1.41. The molecular formula is C9H15BrN2O. The van der Waals surface area contributed by atoms with Crippen LogP contribution in [0.4, 0.5) is 0 Å². The van der Waals surface area contributed by atoms with Crippen LogP contribution >= 0.6 is 15.9 Å². The summed E-state index contributed by atoms with van der Waals surface area (Å²) in [5, 5.41) is 9.74. The maximum atomic E-state index is 8.67. The van der Waals surface area contributed by atoms with E-state index in [0.717, 1.165) is 25.0 Å². The average Bonchev–Trinajstić information content (AvgIpc) is 2.19. The number of nitriles is 1. The van der Waals surface area contributed by atoms with Gasteiger partial charge >= 0.3 is 0 Å². The lowest BCUT2D eigenvalue weighted by Gasteiger charge is -2.29. The van der Waals surface area contributed by atoms with Gasteiger partial charge in [-0.15, -0.1) is 0 Å². The van der Waals surface area contributed by atoms with Gasteiger partial charge in [-0.25, -0.2) is 0 Å². The summed E-state index contributed by atoms with van der Waals surface area (Å²) >= 11 is 3.40. The number of unbranched alkanes of at least 4 members (excludes halogenated alkanes) is 1. The van der Waals surface area contributed by atoms with E-state index in [-0.39, 0.29) is 6.10 Å². The maximum Gasteiger partial charge on any atom is 0.156 e. The van der Waals surface area contributed by atoms with Crippen LogP contribution in [-0.2, 0) is 4.74 Å². The summed E-state index contributed by atoms with van der Waals surface area (Å²) < 4.78 is 5.25. The fourth-order valence-corrected chi connectivity index (χ4v) is 1.81. The zero-order valence-electron chi connectivity index (χ0n) is 7.71. The number of hydrogen-bond acceptors (Lipinski definition) is 3. The van der Waals surface area contributed by atoms with Crippen molar-refractivity contribution in [1.82, 2.24) is 4.90 Å². The first kappa shape index (κ1) is 11.0. The molecule has 13 heavy (non-hydrogen) atoms. The third-order valence-corrected chi connectivity index (χ3v) is 2.71. The summed E-state index contributed by atoms with van der Waals surface area (Å²) in [5.74, 6) is 0. The van der Waals surface area contributed by atoms with Crippen molar-refractivity contribution in [3.05, 3.63) is 0 Å². The van der Waals surface area contributed by atoms with Gasteiger partial charge in [-0.2, -0.15) is 5.26 Å². The molecular weight excluding hydrogens is 232 g/mol. The average molecular weight is 247 g/mol. The predicted octanol–water partition coefficient (Wildman–Crippen LogP) is 1.39. The molecule has 1 aliphatic rings. The van der Waals surface area contributed by atoms with Crippen LogP contribution in [-0.4, -0.2) is 42.6 Å². The number of alkyl halides is 1. The molecule has 74 valence electrons. The molecule has 0 saturated carbocycles. The molecule has 1 fully saturated rings. The summed E-state index contributed by atoms with van der Waals surface area (Å²) in [4.78, 5) is 2.31. The number of halogens is 1. The van der Waals surface area contributed by atoms with E-state index in [0.29, 0.717) is 6.61 Å². The Balaban J connectivity index is 2.15. The summed E-state index contributed by atoms with van der Waals surface area (Å²) in [5.41, 5.74) is 0. The molecule has 0 N–H and O–H groups in total. The summed E-state index contributed by atoms with van der Waals surface area (Å²) in [6, 6.07) is 2.15. The molecule has 0 aliphatic carbocycles. The smallest absolute Gasteiger partial charge is 0.156 e. The monoisotopic (exact) mass is 246 g/mol. The molecule has 0 aromatic rings. The Morgan fingerprint density at radius 2 is 2.38 bits per heavy atom. The van der Waals surface area contributed by atoms with Gasteiger partial charge in [-0.3, -0.25) is 4.90 Å². The topological polar surface area (TPSA) is 36.3 Å². The van der Waals surface area contributed by atoms with Gasteiger partial charge < -0.3 is 4.74 Å². The highest BCUT2D eigenvalue weighted by Crippen LogP contribution is 2.06. The Morgan fingerprint density at radius 3 is 3.08 bits per heavy atom. The zero-order chi connectivity index (χ0) is 9.52. The van der Waals surface area contributed by atoms with Crippen LogP contribution in [0.15, 0.2) is 0 Å². The number of morpholine rings is 1. The second-order valence-electron chi connectivity index (χ2n) is 3.19. The Bertz CT molecular complexity index is 181. The van der Waals surface area contributed by atoms with Crippen LogP contribution in [0.5, 0.6) is 0 Å². The highest BCUT2D eigenvalue weighted by atomic mass is 79.9. The lowest BCUT2D eigenvalue weighted by Crippen LogP contribution is -2.42. The van der Waals surface area contributed by atoms with Gasteiger partial charge in [-0.05, 0) is 19.4 Å². The number of ether oxygens (including phenoxy) is 1. The Labute approximate surface area is 87.8 Å². The van der Waals surface area contributed by atoms with Crippen LogP contribution in [0, 0.1) is 11.3 Å². The highest BCUT2D eigenvalue weighted by Gasteiger charge is 2.18. The molecule has 4 heteroatoms. The van der Waals surface area contributed by atoms with Gasteiger partial charge in [0.1, 0.15) is 0 Å². The minimum absolute atomic E-state index is 0.210. The van der Waals surface area contributed by atoms with Crippen molar-refractivity contribution in [2.45, 2.75) is 18.9 Å². The fraction of sp³-hybridized carbons (Fsp3) is 0.889. The van der Waals surface area contributed by atoms with Gasteiger partial charge in [0.05, 0.1) is 12.7 Å². The Kier molecular flexibility index (Phi) is 5.37. The van der Waals surface area contributed by atoms with Crippen molar-refractivity contribution in [1.29, 1.82) is 5.26 Å². The molecule has 1 aliphatic heterocycles. The Morgan fingerprint density at radius 1 is 1.54 bits per heavy atom.